The number of aryl methyl sites for hydroxylation is 1. The molecule has 1 heterocycles. The molecule has 0 fully saturated rings. The Balaban J connectivity index is 2.07. The average Bonchev–Trinajstić information content (AvgIpc) is 2.61. The Morgan fingerprint density at radius 2 is 2.17 bits per heavy atom. The van der Waals surface area contributed by atoms with Crippen molar-refractivity contribution in [3.8, 4) is 0 Å². The van der Waals surface area contributed by atoms with Crippen LogP contribution in [0.1, 0.15) is 32.8 Å². The van der Waals surface area contributed by atoms with Gasteiger partial charge >= 0.3 is 5.97 Å². The van der Waals surface area contributed by atoms with E-state index in [0.717, 1.165) is 13.0 Å². The molecule has 1 rings (SSSR count). The van der Waals surface area contributed by atoms with E-state index in [1.54, 1.807) is 4.68 Å². The van der Waals surface area contributed by atoms with E-state index in [1.807, 2.05) is 40.2 Å². The molecular weight excluding hydrogens is 230 g/mol. The van der Waals surface area contributed by atoms with Gasteiger partial charge in [0.05, 0.1) is 12.6 Å². The summed E-state index contributed by atoms with van der Waals surface area (Å²) in [7, 11) is 1.90. The second-order valence-corrected chi connectivity index (χ2v) is 5.36. The van der Waals surface area contributed by atoms with Gasteiger partial charge in [-0.15, -0.1) is 0 Å². The molecule has 5 nitrogen and oxygen atoms in total. The Morgan fingerprint density at radius 3 is 2.72 bits per heavy atom. The second kappa shape index (κ2) is 6.54. The predicted octanol–water partition coefficient (Wildman–Crippen LogP) is 1.28. The molecule has 0 atom stereocenters. The van der Waals surface area contributed by atoms with Crippen molar-refractivity contribution >= 4 is 5.97 Å². The molecule has 0 saturated carbocycles. The van der Waals surface area contributed by atoms with Crippen molar-refractivity contribution in [2.45, 2.75) is 39.2 Å². The summed E-state index contributed by atoms with van der Waals surface area (Å²) >= 11 is 0. The van der Waals surface area contributed by atoms with Crippen molar-refractivity contribution < 1.29 is 9.53 Å². The van der Waals surface area contributed by atoms with Crippen LogP contribution in [-0.2, 0) is 23.0 Å². The van der Waals surface area contributed by atoms with E-state index < -0.39 is 5.60 Å². The number of esters is 1. The van der Waals surface area contributed by atoms with Crippen molar-refractivity contribution in [2.75, 3.05) is 13.1 Å². The molecule has 0 unspecified atom stereocenters. The number of carbonyl (C=O) groups is 1. The van der Waals surface area contributed by atoms with Gasteiger partial charge in [0.2, 0.25) is 0 Å². The van der Waals surface area contributed by atoms with Crippen LogP contribution in [0.15, 0.2) is 12.4 Å². The molecule has 0 spiro atoms. The summed E-state index contributed by atoms with van der Waals surface area (Å²) in [6, 6.07) is 0. The van der Waals surface area contributed by atoms with Gasteiger partial charge in [0, 0.05) is 19.8 Å². The lowest BCUT2D eigenvalue weighted by Crippen LogP contribution is -2.27. The summed E-state index contributed by atoms with van der Waals surface area (Å²) < 4.78 is 7.00. The number of nitrogens with zero attached hydrogens (tertiary/aromatic N) is 2. The van der Waals surface area contributed by atoms with Gasteiger partial charge in [-0.1, -0.05) is 0 Å². The third-order valence-corrected chi connectivity index (χ3v) is 2.27. The molecule has 0 aliphatic carbocycles. The second-order valence-electron chi connectivity index (χ2n) is 5.36. The maximum absolute atomic E-state index is 11.4. The van der Waals surface area contributed by atoms with Gasteiger partial charge in [0.25, 0.3) is 0 Å². The summed E-state index contributed by atoms with van der Waals surface area (Å²) in [6.07, 6.45) is 5.18. The summed E-state index contributed by atoms with van der Waals surface area (Å²) in [5, 5.41) is 7.32. The molecule has 0 saturated heterocycles. The first-order valence-corrected chi connectivity index (χ1v) is 6.27. The molecule has 0 aromatic carbocycles. The number of hydrogen-bond acceptors (Lipinski definition) is 4. The Bertz CT molecular complexity index is 380. The predicted molar refractivity (Wildman–Crippen MR) is 70.2 cm³/mol. The third kappa shape index (κ3) is 6.39. The number of ether oxygens (including phenoxy) is 1. The monoisotopic (exact) mass is 253 g/mol. The summed E-state index contributed by atoms with van der Waals surface area (Å²) in [6.45, 7) is 7.12. The van der Waals surface area contributed by atoms with Crippen molar-refractivity contribution in [1.29, 1.82) is 0 Å². The van der Waals surface area contributed by atoms with Gasteiger partial charge in [0.1, 0.15) is 5.60 Å². The molecule has 0 amide bonds. The SMILES string of the molecule is Cn1cc(CCNCCC(=O)OC(C)(C)C)cn1. The highest BCUT2D eigenvalue weighted by molar-refractivity contribution is 5.70. The molecule has 5 heteroatoms. The van der Waals surface area contributed by atoms with Crippen molar-refractivity contribution in [2.24, 2.45) is 7.05 Å². The van der Waals surface area contributed by atoms with E-state index in [4.69, 9.17) is 4.74 Å². The normalized spacial score (nSPS) is 11.6. The summed E-state index contributed by atoms with van der Waals surface area (Å²) in [4.78, 5) is 11.4. The fraction of sp³-hybridized carbons (Fsp3) is 0.692. The van der Waals surface area contributed by atoms with Crippen LogP contribution in [0.4, 0.5) is 0 Å². The zero-order chi connectivity index (χ0) is 13.6. The molecule has 0 aliphatic rings. The fourth-order valence-electron chi connectivity index (χ4n) is 1.54. The van der Waals surface area contributed by atoms with Crippen molar-refractivity contribution in [3.05, 3.63) is 18.0 Å². The molecule has 0 aliphatic heterocycles. The molecule has 102 valence electrons. The highest BCUT2D eigenvalue weighted by Crippen LogP contribution is 2.07. The lowest BCUT2D eigenvalue weighted by atomic mass is 10.2. The molecule has 18 heavy (non-hydrogen) atoms. The molecule has 1 aromatic rings. The zero-order valence-corrected chi connectivity index (χ0v) is 11.7. The topological polar surface area (TPSA) is 56.2 Å². The Hall–Kier alpha value is -1.36. The maximum Gasteiger partial charge on any atom is 0.307 e. The van der Waals surface area contributed by atoms with E-state index in [-0.39, 0.29) is 5.97 Å². The maximum atomic E-state index is 11.4. The van der Waals surface area contributed by atoms with E-state index in [1.165, 1.54) is 5.56 Å². The average molecular weight is 253 g/mol. The van der Waals surface area contributed by atoms with Crippen LogP contribution in [0.3, 0.4) is 0 Å². The van der Waals surface area contributed by atoms with Crippen LogP contribution >= 0.6 is 0 Å². The minimum Gasteiger partial charge on any atom is -0.460 e. The Labute approximate surface area is 109 Å². The standard InChI is InChI=1S/C13H23N3O2/c1-13(2,3)18-12(17)6-8-14-7-5-11-9-15-16(4)10-11/h9-10,14H,5-8H2,1-4H3. The van der Waals surface area contributed by atoms with E-state index in [2.05, 4.69) is 10.4 Å². The number of nitrogens with one attached hydrogen (secondary N) is 1. The van der Waals surface area contributed by atoms with Crippen molar-refractivity contribution in [1.82, 2.24) is 15.1 Å². The molecule has 0 radical (unpaired) electrons. The molecule has 1 aromatic heterocycles. The summed E-state index contributed by atoms with van der Waals surface area (Å²) in [5.74, 6) is -0.156. The van der Waals surface area contributed by atoms with Crippen LogP contribution in [0, 0.1) is 0 Å². The van der Waals surface area contributed by atoms with Gasteiger partial charge in [0.15, 0.2) is 0 Å². The lowest BCUT2D eigenvalue weighted by Gasteiger charge is -2.19. The zero-order valence-electron chi connectivity index (χ0n) is 11.7. The van der Waals surface area contributed by atoms with Crippen LogP contribution in [0.2, 0.25) is 0 Å². The first kappa shape index (κ1) is 14.7. The lowest BCUT2D eigenvalue weighted by molar-refractivity contribution is -0.154. The Kier molecular flexibility index (Phi) is 5.34. The van der Waals surface area contributed by atoms with Gasteiger partial charge in [-0.3, -0.25) is 9.48 Å². The minimum absolute atomic E-state index is 0.156. The first-order chi connectivity index (χ1) is 8.37. The largest absolute Gasteiger partial charge is 0.460 e. The van der Waals surface area contributed by atoms with E-state index >= 15 is 0 Å². The van der Waals surface area contributed by atoms with Crippen LogP contribution in [0.5, 0.6) is 0 Å². The first-order valence-electron chi connectivity index (χ1n) is 6.27. The number of carbonyl (C=O) groups excluding carboxylic acids is 1. The van der Waals surface area contributed by atoms with E-state index in [0.29, 0.717) is 13.0 Å². The van der Waals surface area contributed by atoms with Crippen LogP contribution < -0.4 is 5.32 Å². The van der Waals surface area contributed by atoms with Crippen LogP contribution in [0.25, 0.3) is 0 Å². The van der Waals surface area contributed by atoms with Crippen molar-refractivity contribution in [3.63, 3.8) is 0 Å². The van der Waals surface area contributed by atoms with Gasteiger partial charge in [-0.2, -0.15) is 5.10 Å². The Morgan fingerprint density at radius 1 is 1.44 bits per heavy atom. The number of aromatic nitrogens is 2. The highest BCUT2D eigenvalue weighted by atomic mass is 16.6. The highest BCUT2D eigenvalue weighted by Gasteiger charge is 2.15. The number of rotatable bonds is 6. The summed E-state index contributed by atoms with van der Waals surface area (Å²) in [5.41, 5.74) is 0.801. The molecule has 1 N–H and O–H groups in total. The van der Waals surface area contributed by atoms with Gasteiger partial charge in [-0.05, 0) is 39.3 Å². The number of hydrogen-bond donors (Lipinski definition) is 1. The van der Waals surface area contributed by atoms with Gasteiger partial charge in [-0.25, -0.2) is 0 Å². The van der Waals surface area contributed by atoms with E-state index in [9.17, 15) is 4.79 Å². The molecular formula is C13H23N3O2. The van der Waals surface area contributed by atoms with Crippen LogP contribution in [-0.4, -0.2) is 34.4 Å². The minimum atomic E-state index is -0.396. The smallest absolute Gasteiger partial charge is 0.307 e. The fourth-order valence-corrected chi connectivity index (χ4v) is 1.54. The quantitative estimate of drug-likeness (QED) is 0.613. The molecule has 0 bridgehead atoms. The third-order valence-electron chi connectivity index (χ3n) is 2.27. The van der Waals surface area contributed by atoms with Gasteiger partial charge < -0.3 is 10.1 Å².